The highest BCUT2D eigenvalue weighted by atomic mass is 35.5. The van der Waals surface area contributed by atoms with Crippen LogP contribution in [0.2, 0.25) is 0 Å². The van der Waals surface area contributed by atoms with Gasteiger partial charge in [0.05, 0.1) is 0 Å². The van der Waals surface area contributed by atoms with E-state index >= 15 is 0 Å². The Hall–Kier alpha value is -0.630. The van der Waals surface area contributed by atoms with E-state index in [0.717, 1.165) is 44.9 Å². The molecule has 5 rings (SSSR count). The van der Waals surface area contributed by atoms with Gasteiger partial charge >= 0.3 is 0 Å². The van der Waals surface area contributed by atoms with Gasteiger partial charge in [-0.2, -0.15) is 0 Å². The quantitative estimate of drug-likeness (QED) is 0.296. The molecule has 0 saturated heterocycles. The average Bonchev–Trinajstić information content (AvgIpc) is 3.11. The van der Waals surface area contributed by atoms with Crippen molar-refractivity contribution < 1.29 is 9.59 Å². The van der Waals surface area contributed by atoms with E-state index in [1.807, 2.05) is 0 Å². The number of carbonyl (C=O) groups is 2. The van der Waals surface area contributed by atoms with Gasteiger partial charge in [-0.15, -0.1) is 6.58 Å². The highest BCUT2D eigenvalue weighted by molar-refractivity contribution is 6.64. The van der Waals surface area contributed by atoms with Crippen LogP contribution in [0.3, 0.4) is 0 Å². The van der Waals surface area contributed by atoms with E-state index in [1.54, 1.807) is 0 Å². The van der Waals surface area contributed by atoms with Crippen LogP contribution in [0, 0.1) is 56.7 Å². The molecule has 5 aliphatic carbocycles. The molecule has 190 valence electrons. The van der Waals surface area contributed by atoms with Crippen LogP contribution in [0.4, 0.5) is 0 Å². The Morgan fingerprint density at radius 3 is 2.26 bits per heavy atom. The molecule has 5 fully saturated rings. The molecule has 0 aromatic rings. The molecule has 9 unspecified atom stereocenters. The molecular weight excluding hydrogens is 440 g/mol. The Bertz CT molecular complexity index is 920. The van der Waals surface area contributed by atoms with Gasteiger partial charge in [0.1, 0.15) is 5.78 Å². The minimum atomic E-state index is -0.310. The minimum Gasteiger partial charge on any atom is -0.299 e. The van der Waals surface area contributed by atoms with Crippen LogP contribution in [0.15, 0.2) is 12.2 Å². The van der Waals surface area contributed by atoms with E-state index in [-0.39, 0.29) is 32.3 Å². The van der Waals surface area contributed by atoms with Gasteiger partial charge in [0, 0.05) is 17.3 Å². The summed E-state index contributed by atoms with van der Waals surface area (Å²) in [6.07, 6.45) is 11.9. The summed E-state index contributed by atoms with van der Waals surface area (Å²) in [7, 11) is 0. The van der Waals surface area contributed by atoms with Gasteiger partial charge in [-0.3, -0.25) is 9.59 Å². The van der Waals surface area contributed by atoms with Crippen molar-refractivity contribution in [2.24, 2.45) is 56.7 Å². The number of fused-ring (bicyclic) bond motifs is 7. The van der Waals surface area contributed by atoms with Gasteiger partial charge in [0.25, 0.3) is 0 Å². The number of carbonyl (C=O) groups excluding carboxylic acids is 2. The fourth-order valence-electron chi connectivity index (χ4n) is 11.6. The molecule has 0 aromatic carbocycles. The fourth-order valence-corrected chi connectivity index (χ4v) is 11.9. The SMILES string of the molecule is C=C(C)CC1CCC2(C(=O)Cl)CCC3(C)C(CCC4C5(C)CCC(=O)C(C)(C)C5CCC43C)C12. The molecule has 5 aliphatic rings. The van der Waals surface area contributed by atoms with Crippen molar-refractivity contribution in [1.82, 2.24) is 0 Å². The smallest absolute Gasteiger partial charge is 0.228 e. The summed E-state index contributed by atoms with van der Waals surface area (Å²) >= 11 is 6.46. The third-order valence-corrected chi connectivity index (χ3v) is 13.7. The Labute approximate surface area is 213 Å². The zero-order chi connectivity index (χ0) is 24.9. The normalized spacial score (nSPS) is 51.6. The summed E-state index contributed by atoms with van der Waals surface area (Å²) < 4.78 is 0. The van der Waals surface area contributed by atoms with Gasteiger partial charge in [0.15, 0.2) is 0 Å². The first-order chi connectivity index (χ1) is 15.7. The molecule has 0 bridgehead atoms. The lowest BCUT2D eigenvalue weighted by atomic mass is 9.32. The van der Waals surface area contributed by atoms with Crippen LogP contribution in [-0.4, -0.2) is 11.0 Å². The van der Waals surface area contributed by atoms with E-state index in [2.05, 4.69) is 48.1 Å². The van der Waals surface area contributed by atoms with Crippen molar-refractivity contribution in [2.75, 3.05) is 0 Å². The van der Waals surface area contributed by atoms with Gasteiger partial charge in [0.2, 0.25) is 5.24 Å². The predicted octanol–water partition coefficient (Wildman–Crippen LogP) is 8.37. The minimum absolute atomic E-state index is 0.0562. The van der Waals surface area contributed by atoms with E-state index in [1.165, 1.54) is 31.3 Å². The first-order valence-electron chi connectivity index (χ1n) is 14.1. The zero-order valence-electron chi connectivity index (χ0n) is 22.6. The van der Waals surface area contributed by atoms with Gasteiger partial charge in [-0.1, -0.05) is 40.2 Å². The van der Waals surface area contributed by atoms with E-state index < -0.39 is 0 Å². The molecule has 0 aliphatic heterocycles. The number of allylic oxidation sites excluding steroid dienone is 1. The summed E-state index contributed by atoms with van der Waals surface area (Å²) in [6.45, 7) is 18.6. The molecule has 3 heteroatoms. The van der Waals surface area contributed by atoms with E-state index in [4.69, 9.17) is 11.6 Å². The van der Waals surface area contributed by atoms with Crippen LogP contribution < -0.4 is 0 Å². The summed E-state index contributed by atoms with van der Waals surface area (Å²) in [5.74, 6) is 3.15. The monoisotopic (exact) mass is 486 g/mol. The second-order valence-corrected chi connectivity index (χ2v) is 15.1. The highest BCUT2D eigenvalue weighted by Crippen LogP contribution is 2.77. The van der Waals surface area contributed by atoms with Crippen molar-refractivity contribution in [3.8, 4) is 0 Å². The Morgan fingerprint density at radius 1 is 0.912 bits per heavy atom. The van der Waals surface area contributed by atoms with Crippen molar-refractivity contribution >= 4 is 22.6 Å². The molecule has 9 atom stereocenters. The molecule has 0 heterocycles. The first kappa shape index (κ1) is 25.0. The average molecular weight is 487 g/mol. The second-order valence-electron chi connectivity index (χ2n) is 14.7. The van der Waals surface area contributed by atoms with E-state index in [0.29, 0.717) is 35.4 Å². The molecule has 0 aromatic heterocycles. The lowest BCUT2D eigenvalue weighted by Gasteiger charge is -2.72. The Morgan fingerprint density at radius 2 is 1.62 bits per heavy atom. The summed E-state index contributed by atoms with van der Waals surface area (Å²) in [6, 6.07) is 0. The van der Waals surface area contributed by atoms with Crippen molar-refractivity contribution in [2.45, 2.75) is 112 Å². The zero-order valence-corrected chi connectivity index (χ0v) is 23.3. The van der Waals surface area contributed by atoms with Crippen LogP contribution in [0.1, 0.15) is 112 Å². The number of halogens is 1. The van der Waals surface area contributed by atoms with Gasteiger partial charge < -0.3 is 0 Å². The second kappa shape index (κ2) is 7.69. The van der Waals surface area contributed by atoms with Crippen molar-refractivity contribution in [3.63, 3.8) is 0 Å². The van der Waals surface area contributed by atoms with Crippen LogP contribution in [-0.2, 0) is 9.59 Å². The summed E-state index contributed by atoms with van der Waals surface area (Å²) in [4.78, 5) is 26.0. The largest absolute Gasteiger partial charge is 0.299 e. The maximum absolute atomic E-state index is 13.0. The molecule has 0 spiro atoms. The predicted molar refractivity (Wildman–Crippen MR) is 139 cm³/mol. The lowest BCUT2D eigenvalue weighted by molar-refractivity contribution is -0.232. The summed E-state index contributed by atoms with van der Waals surface area (Å²) in [5, 5.41) is -0.0562. The fraction of sp³-hybridized carbons (Fsp3) is 0.871. The molecule has 0 N–H and O–H groups in total. The first-order valence-corrected chi connectivity index (χ1v) is 14.5. The highest BCUT2D eigenvalue weighted by Gasteiger charge is 2.71. The summed E-state index contributed by atoms with van der Waals surface area (Å²) in [5.41, 5.74) is 1.47. The standard InChI is InChI=1S/C31H47ClO2/c1-19(2)18-20-10-15-31(26(32)34)17-16-29(6)21(25(20)31)8-9-23-28(5)13-12-24(33)27(3,4)22(28)11-14-30(23,29)7/h20-23,25H,1,8-18H2,2-7H3. The lowest BCUT2D eigenvalue weighted by Crippen LogP contribution is -2.66. The molecule has 2 nitrogen and oxygen atoms in total. The number of hydrogen-bond acceptors (Lipinski definition) is 2. The maximum Gasteiger partial charge on any atom is 0.228 e. The van der Waals surface area contributed by atoms with Crippen LogP contribution in [0.5, 0.6) is 0 Å². The topological polar surface area (TPSA) is 34.1 Å². The Balaban J connectivity index is 1.55. The Kier molecular flexibility index (Phi) is 5.66. The van der Waals surface area contributed by atoms with Gasteiger partial charge in [-0.25, -0.2) is 0 Å². The number of ketones is 1. The molecule has 0 radical (unpaired) electrons. The molecule has 0 amide bonds. The van der Waals surface area contributed by atoms with E-state index in [9.17, 15) is 9.59 Å². The van der Waals surface area contributed by atoms with Crippen LogP contribution in [0.25, 0.3) is 0 Å². The number of hydrogen-bond donors (Lipinski definition) is 0. The van der Waals surface area contributed by atoms with Gasteiger partial charge in [-0.05, 0) is 129 Å². The van der Waals surface area contributed by atoms with Crippen molar-refractivity contribution in [1.29, 1.82) is 0 Å². The molecular formula is C31H47ClO2. The number of rotatable bonds is 3. The number of Topliss-reactive ketones (excluding diaryl/α,β-unsaturated/α-hetero) is 1. The third-order valence-electron chi connectivity index (χ3n) is 13.3. The molecule has 34 heavy (non-hydrogen) atoms. The van der Waals surface area contributed by atoms with Crippen LogP contribution >= 0.6 is 11.6 Å². The maximum atomic E-state index is 13.0. The third kappa shape index (κ3) is 2.99. The van der Waals surface area contributed by atoms with Crippen molar-refractivity contribution in [3.05, 3.63) is 12.2 Å². The molecule has 5 saturated carbocycles.